The van der Waals surface area contributed by atoms with E-state index in [0.717, 1.165) is 7.11 Å². The third-order valence-electron chi connectivity index (χ3n) is 1.30. The zero-order chi connectivity index (χ0) is 10.5. The van der Waals surface area contributed by atoms with Crippen molar-refractivity contribution in [2.45, 2.75) is 6.41 Å². The van der Waals surface area contributed by atoms with E-state index in [0.29, 0.717) is 4.31 Å². The molecule has 80 valence electrons. The highest BCUT2D eigenvalue weighted by Gasteiger charge is 2.24. The highest BCUT2D eigenvalue weighted by atomic mass is 32.2. The van der Waals surface area contributed by atoms with Crippen molar-refractivity contribution in [3.63, 3.8) is 0 Å². The van der Waals surface area contributed by atoms with Crippen LogP contribution in [0.5, 0.6) is 0 Å². The lowest BCUT2D eigenvalue weighted by molar-refractivity contribution is -0.145. The summed E-state index contributed by atoms with van der Waals surface area (Å²) in [5.41, 5.74) is 0. The van der Waals surface area contributed by atoms with Crippen LogP contribution in [-0.2, 0) is 19.7 Å². The minimum Gasteiger partial charge on any atom is -0.383 e. The Morgan fingerprint density at radius 2 is 2.08 bits per heavy atom. The van der Waals surface area contributed by atoms with Crippen LogP contribution in [0.15, 0.2) is 0 Å². The van der Waals surface area contributed by atoms with Crippen molar-refractivity contribution in [2.24, 2.45) is 5.14 Å². The molecule has 13 heavy (non-hydrogen) atoms. The first-order valence-corrected chi connectivity index (χ1v) is 4.93. The third kappa shape index (κ3) is 4.50. The maximum atomic E-state index is 10.8. The normalized spacial score (nSPS) is 14.8. The molecule has 0 amide bonds. The van der Waals surface area contributed by atoms with Crippen LogP contribution in [0.3, 0.4) is 0 Å². The average Bonchev–Trinajstić information content (AvgIpc) is 2.02. The van der Waals surface area contributed by atoms with Gasteiger partial charge in [-0.25, -0.2) is 5.14 Å². The van der Waals surface area contributed by atoms with Gasteiger partial charge in [-0.1, -0.05) is 0 Å². The second-order valence-electron chi connectivity index (χ2n) is 2.21. The van der Waals surface area contributed by atoms with Gasteiger partial charge >= 0.3 is 0 Å². The van der Waals surface area contributed by atoms with Crippen LogP contribution in [0.25, 0.3) is 0 Å². The van der Waals surface area contributed by atoms with Crippen molar-refractivity contribution in [2.75, 3.05) is 27.4 Å². The van der Waals surface area contributed by atoms with Crippen LogP contribution in [0.2, 0.25) is 0 Å². The summed E-state index contributed by atoms with van der Waals surface area (Å²) in [4.78, 5) is 0. The molecule has 0 bridgehead atoms. The monoisotopic (exact) mass is 214 g/mol. The van der Waals surface area contributed by atoms with Gasteiger partial charge in [0.25, 0.3) is 10.2 Å². The molecule has 0 aliphatic heterocycles. The number of hydrogen-bond donors (Lipinski definition) is 2. The van der Waals surface area contributed by atoms with Crippen LogP contribution < -0.4 is 5.14 Å². The topological polar surface area (TPSA) is 102 Å². The number of nitrogens with zero attached hydrogens (tertiary/aromatic N) is 1. The number of hydrogen-bond acceptors (Lipinski definition) is 5. The van der Waals surface area contributed by atoms with Crippen molar-refractivity contribution in [1.82, 2.24) is 4.31 Å². The van der Waals surface area contributed by atoms with E-state index < -0.39 is 16.6 Å². The van der Waals surface area contributed by atoms with Crippen molar-refractivity contribution < 1.29 is 23.0 Å². The van der Waals surface area contributed by atoms with E-state index in [1.54, 1.807) is 0 Å². The van der Waals surface area contributed by atoms with Gasteiger partial charge in [0.1, 0.15) is 0 Å². The Balaban J connectivity index is 4.38. The maximum Gasteiger partial charge on any atom is 0.281 e. The Labute approximate surface area is 77.2 Å². The maximum absolute atomic E-state index is 10.8. The van der Waals surface area contributed by atoms with E-state index in [9.17, 15) is 8.42 Å². The fourth-order valence-electron chi connectivity index (χ4n) is 0.662. The van der Waals surface area contributed by atoms with Crippen LogP contribution in [0.4, 0.5) is 0 Å². The molecule has 1 atom stereocenters. The van der Waals surface area contributed by atoms with Gasteiger partial charge in [-0.3, -0.25) is 0 Å². The molecular weight excluding hydrogens is 200 g/mol. The molecule has 0 saturated heterocycles. The number of nitrogens with two attached hydrogens (primary N) is 1. The molecule has 7 nitrogen and oxygen atoms in total. The first kappa shape index (κ1) is 12.8. The Kier molecular flexibility index (Phi) is 5.37. The molecule has 0 radical (unpaired) electrons. The Bertz CT molecular complexity index is 229. The van der Waals surface area contributed by atoms with E-state index in [-0.39, 0.29) is 13.2 Å². The lowest BCUT2D eigenvalue weighted by Crippen LogP contribution is -2.46. The van der Waals surface area contributed by atoms with Crippen LogP contribution in [0.1, 0.15) is 0 Å². The van der Waals surface area contributed by atoms with Gasteiger partial charge in [-0.15, -0.1) is 4.31 Å². The van der Waals surface area contributed by atoms with Crippen molar-refractivity contribution >= 4 is 10.2 Å². The molecular formula is C5H14N2O5S. The van der Waals surface area contributed by atoms with Gasteiger partial charge in [0, 0.05) is 20.8 Å². The fraction of sp³-hybridized carbons (Fsp3) is 1.00. The predicted molar refractivity (Wildman–Crippen MR) is 44.7 cm³/mol. The number of methoxy groups -OCH3 is 2. The second kappa shape index (κ2) is 5.47. The van der Waals surface area contributed by atoms with E-state index in [1.807, 2.05) is 0 Å². The van der Waals surface area contributed by atoms with E-state index in [2.05, 4.69) is 9.47 Å². The molecule has 0 heterocycles. The fourth-order valence-corrected chi connectivity index (χ4v) is 1.33. The smallest absolute Gasteiger partial charge is 0.281 e. The Morgan fingerprint density at radius 3 is 2.38 bits per heavy atom. The molecule has 0 fully saturated rings. The largest absolute Gasteiger partial charge is 0.383 e. The predicted octanol–water partition coefficient (Wildman–Crippen LogP) is -1.94. The second-order valence-corrected chi connectivity index (χ2v) is 3.71. The van der Waals surface area contributed by atoms with Crippen molar-refractivity contribution in [3.05, 3.63) is 0 Å². The van der Waals surface area contributed by atoms with Gasteiger partial charge in [0.2, 0.25) is 6.41 Å². The molecule has 8 heteroatoms. The van der Waals surface area contributed by atoms with Crippen molar-refractivity contribution in [3.8, 4) is 0 Å². The Hall–Kier alpha value is -0.250. The quantitative estimate of drug-likeness (QED) is 0.501. The van der Waals surface area contributed by atoms with Gasteiger partial charge in [0.05, 0.1) is 6.61 Å². The number of aliphatic hydroxyl groups excluding tert-OH is 1. The molecule has 0 rings (SSSR count). The molecule has 3 N–H and O–H groups in total. The first-order valence-electron chi connectivity index (χ1n) is 3.43. The molecule has 0 saturated carbocycles. The summed E-state index contributed by atoms with van der Waals surface area (Å²) in [6.45, 7) is 0.0567. The SMILES string of the molecule is COCCN(C(O)OC)S(N)(=O)=O. The van der Waals surface area contributed by atoms with Crippen LogP contribution >= 0.6 is 0 Å². The molecule has 0 aromatic heterocycles. The van der Waals surface area contributed by atoms with Gasteiger partial charge < -0.3 is 14.6 Å². The van der Waals surface area contributed by atoms with E-state index in [4.69, 9.17) is 10.2 Å². The molecule has 0 aliphatic rings. The molecule has 1 unspecified atom stereocenters. The summed E-state index contributed by atoms with van der Waals surface area (Å²) >= 11 is 0. The lowest BCUT2D eigenvalue weighted by Gasteiger charge is -2.22. The molecule has 0 aromatic carbocycles. The zero-order valence-electron chi connectivity index (χ0n) is 7.50. The minimum absolute atomic E-state index is 0.0651. The number of ether oxygens (including phenoxy) is 2. The third-order valence-corrected chi connectivity index (χ3v) is 2.32. The first-order chi connectivity index (χ1) is 5.93. The van der Waals surface area contributed by atoms with E-state index >= 15 is 0 Å². The average molecular weight is 214 g/mol. The molecule has 0 aromatic rings. The van der Waals surface area contributed by atoms with Gasteiger partial charge in [-0.2, -0.15) is 8.42 Å². The number of rotatable bonds is 6. The lowest BCUT2D eigenvalue weighted by atomic mass is 10.7. The van der Waals surface area contributed by atoms with Crippen molar-refractivity contribution in [1.29, 1.82) is 0 Å². The van der Waals surface area contributed by atoms with Gasteiger partial charge in [-0.05, 0) is 0 Å². The summed E-state index contributed by atoms with van der Waals surface area (Å²) < 4.78 is 31.3. The summed E-state index contributed by atoms with van der Waals surface area (Å²) in [6.07, 6.45) is -1.58. The highest BCUT2D eigenvalue weighted by Crippen LogP contribution is 2.00. The zero-order valence-corrected chi connectivity index (χ0v) is 8.32. The molecule has 0 spiro atoms. The summed E-state index contributed by atoms with van der Waals surface area (Å²) in [6, 6.07) is 0. The summed E-state index contributed by atoms with van der Waals surface area (Å²) in [5, 5.41) is 13.9. The summed E-state index contributed by atoms with van der Waals surface area (Å²) in [7, 11) is -1.40. The minimum atomic E-state index is -3.97. The molecule has 0 aliphatic carbocycles. The van der Waals surface area contributed by atoms with Gasteiger partial charge in [0.15, 0.2) is 0 Å². The van der Waals surface area contributed by atoms with Crippen LogP contribution in [-0.4, -0.2) is 51.6 Å². The van der Waals surface area contributed by atoms with E-state index in [1.165, 1.54) is 7.11 Å². The number of aliphatic hydroxyl groups is 1. The Morgan fingerprint density at radius 1 is 1.54 bits per heavy atom. The summed E-state index contributed by atoms with van der Waals surface area (Å²) in [5.74, 6) is 0. The highest BCUT2D eigenvalue weighted by molar-refractivity contribution is 7.86. The standard InChI is InChI=1S/C5H14N2O5S/c1-11-4-3-7(5(8)12-2)13(6,9)10/h5,8H,3-4H2,1-2H3,(H2,6,9,10). The van der Waals surface area contributed by atoms with Crippen LogP contribution in [0, 0.1) is 0 Å².